The molecule has 116 valence electrons. The van der Waals surface area contributed by atoms with Crippen molar-refractivity contribution in [3.05, 3.63) is 59.5 Å². The first-order chi connectivity index (χ1) is 10.7. The zero-order valence-electron chi connectivity index (χ0n) is 12.6. The van der Waals surface area contributed by atoms with E-state index in [4.69, 9.17) is 0 Å². The highest BCUT2D eigenvalue weighted by atomic mass is 19.1. The van der Waals surface area contributed by atoms with Gasteiger partial charge < -0.3 is 10.6 Å². The summed E-state index contributed by atoms with van der Waals surface area (Å²) in [4.78, 5) is 16.3. The van der Waals surface area contributed by atoms with Crippen LogP contribution in [0, 0.1) is 5.82 Å². The third kappa shape index (κ3) is 4.55. The van der Waals surface area contributed by atoms with Crippen molar-refractivity contribution in [3.63, 3.8) is 0 Å². The van der Waals surface area contributed by atoms with Gasteiger partial charge in [-0.2, -0.15) is 0 Å². The van der Waals surface area contributed by atoms with Gasteiger partial charge in [-0.25, -0.2) is 9.37 Å². The number of rotatable bonds is 7. The van der Waals surface area contributed by atoms with Crippen molar-refractivity contribution in [2.75, 3.05) is 11.9 Å². The molecule has 1 aromatic heterocycles. The third-order valence-corrected chi connectivity index (χ3v) is 3.26. The number of nitrogens with one attached hydrogen (secondary N) is 2. The lowest BCUT2D eigenvalue weighted by molar-refractivity contribution is 0.0950. The smallest absolute Gasteiger partial charge is 0.251 e. The quantitative estimate of drug-likeness (QED) is 0.771. The van der Waals surface area contributed by atoms with Gasteiger partial charge in [0.1, 0.15) is 11.6 Å². The lowest BCUT2D eigenvalue weighted by Crippen LogP contribution is -2.23. The van der Waals surface area contributed by atoms with Crippen LogP contribution in [0.2, 0.25) is 0 Å². The summed E-state index contributed by atoms with van der Waals surface area (Å²) in [5.74, 6) is 0.107. The lowest BCUT2D eigenvalue weighted by atomic mass is 10.2. The molecule has 1 aromatic carbocycles. The topological polar surface area (TPSA) is 54.0 Å². The van der Waals surface area contributed by atoms with Crippen molar-refractivity contribution in [1.82, 2.24) is 10.3 Å². The van der Waals surface area contributed by atoms with Gasteiger partial charge in [-0.1, -0.05) is 31.5 Å². The zero-order valence-corrected chi connectivity index (χ0v) is 12.6. The van der Waals surface area contributed by atoms with Crippen LogP contribution in [0.25, 0.3) is 0 Å². The molecule has 0 saturated carbocycles. The molecule has 2 rings (SSSR count). The number of anilines is 1. The Morgan fingerprint density at radius 1 is 1.27 bits per heavy atom. The van der Waals surface area contributed by atoms with Gasteiger partial charge >= 0.3 is 0 Å². The predicted octanol–water partition coefficient (Wildman–Crippen LogP) is 3.36. The molecule has 0 unspecified atom stereocenters. The molecule has 2 N–H and O–H groups in total. The van der Waals surface area contributed by atoms with E-state index in [1.807, 2.05) is 0 Å². The SMILES string of the molecule is CCCCNc1cc(C(=O)NCc2ccccc2F)ccn1. The van der Waals surface area contributed by atoms with Gasteiger partial charge in [0, 0.05) is 30.4 Å². The number of pyridine rings is 1. The van der Waals surface area contributed by atoms with Crippen LogP contribution in [0.1, 0.15) is 35.7 Å². The van der Waals surface area contributed by atoms with Crippen molar-refractivity contribution in [3.8, 4) is 0 Å². The molecule has 5 heteroatoms. The highest BCUT2D eigenvalue weighted by molar-refractivity contribution is 5.94. The van der Waals surface area contributed by atoms with Crippen LogP contribution in [0.3, 0.4) is 0 Å². The van der Waals surface area contributed by atoms with Gasteiger partial charge in [0.05, 0.1) is 0 Å². The Labute approximate surface area is 129 Å². The number of benzene rings is 1. The largest absolute Gasteiger partial charge is 0.370 e. The average Bonchev–Trinajstić information content (AvgIpc) is 2.54. The molecule has 0 spiro atoms. The molecule has 1 amide bonds. The highest BCUT2D eigenvalue weighted by Crippen LogP contribution is 2.09. The number of carbonyl (C=O) groups is 1. The molecular weight excluding hydrogens is 281 g/mol. The molecule has 0 aliphatic heterocycles. The van der Waals surface area contributed by atoms with E-state index in [1.54, 1.807) is 36.5 Å². The molecule has 0 radical (unpaired) electrons. The minimum absolute atomic E-state index is 0.159. The number of nitrogens with zero attached hydrogens (tertiary/aromatic N) is 1. The number of amides is 1. The van der Waals surface area contributed by atoms with Crippen molar-refractivity contribution >= 4 is 11.7 Å². The van der Waals surface area contributed by atoms with Gasteiger partial charge in [-0.3, -0.25) is 4.79 Å². The Balaban J connectivity index is 1.95. The van der Waals surface area contributed by atoms with Crippen LogP contribution in [0.15, 0.2) is 42.6 Å². The van der Waals surface area contributed by atoms with Crippen molar-refractivity contribution in [2.24, 2.45) is 0 Å². The van der Waals surface area contributed by atoms with Crippen LogP contribution in [0.5, 0.6) is 0 Å². The second kappa shape index (κ2) is 8.12. The number of hydrogen-bond acceptors (Lipinski definition) is 3. The molecule has 1 heterocycles. The number of hydrogen-bond donors (Lipinski definition) is 2. The summed E-state index contributed by atoms with van der Waals surface area (Å²) >= 11 is 0. The molecule has 2 aromatic rings. The third-order valence-electron chi connectivity index (χ3n) is 3.26. The standard InChI is InChI=1S/C17H20FN3O/c1-2-3-9-19-16-11-13(8-10-20-16)17(22)21-12-14-6-4-5-7-15(14)18/h4-8,10-11H,2-3,9,12H2,1H3,(H,19,20)(H,21,22). The van der Waals surface area contributed by atoms with Crippen LogP contribution in [-0.2, 0) is 6.54 Å². The molecule has 4 nitrogen and oxygen atoms in total. The monoisotopic (exact) mass is 301 g/mol. The van der Waals surface area contributed by atoms with Gasteiger partial charge in [0.2, 0.25) is 0 Å². The Morgan fingerprint density at radius 3 is 2.86 bits per heavy atom. The minimum atomic E-state index is -0.320. The van der Waals surface area contributed by atoms with E-state index < -0.39 is 0 Å². The molecule has 0 aliphatic rings. The normalized spacial score (nSPS) is 10.3. The summed E-state index contributed by atoms with van der Waals surface area (Å²) in [5, 5.41) is 5.89. The van der Waals surface area contributed by atoms with Crippen LogP contribution in [0.4, 0.5) is 10.2 Å². The maximum Gasteiger partial charge on any atom is 0.251 e. The second-order valence-corrected chi connectivity index (χ2v) is 4.98. The fraction of sp³-hybridized carbons (Fsp3) is 0.294. The summed E-state index contributed by atoms with van der Waals surface area (Å²) < 4.78 is 13.5. The average molecular weight is 301 g/mol. The molecular formula is C17H20FN3O. The highest BCUT2D eigenvalue weighted by Gasteiger charge is 2.08. The van der Waals surface area contributed by atoms with E-state index in [-0.39, 0.29) is 18.3 Å². The number of carbonyl (C=O) groups excluding carboxylic acids is 1. The van der Waals surface area contributed by atoms with Crippen LogP contribution < -0.4 is 10.6 Å². The van der Waals surface area contributed by atoms with E-state index in [0.717, 1.165) is 19.4 Å². The molecule has 22 heavy (non-hydrogen) atoms. The Bertz CT molecular complexity index is 631. The zero-order chi connectivity index (χ0) is 15.8. The first kappa shape index (κ1) is 15.9. The Morgan fingerprint density at radius 2 is 2.09 bits per heavy atom. The fourth-order valence-corrected chi connectivity index (χ4v) is 1.98. The van der Waals surface area contributed by atoms with Crippen molar-refractivity contribution in [1.29, 1.82) is 0 Å². The number of unbranched alkanes of at least 4 members (excludes halogenated alkanes) is 1. The Kier molecular flexibility index (Phi) is 5.89. The molecule has 0 saturated heterocycles. The summed E-state index contributed by atoms with van der Waals surface area (Å²) in [5.41, 5.74) is 0.969. The van der Waals surface area contributed by atoms with E-state index in [1.165, 1.54) is 6.07 Å². The Hall–Kier alpha value is -2.43. The van der Waals surface area contributed by atoms with Crippen LogP contribution >= 0.6 is 0 Å². The van der Waals surface area contributed by atoms with Gasteiger partial charge in [0.25, 0.3) is 5.91 Å². The summed E-state index contributed by atoms with van der Waals surface area (Å²) in [6.07, 6.45) is 3.73. The minimum Gasteiger partial charge on any atom is -0.370 e. The van der Waals surface area contributed by atoms with E-state index in [2.05, 4.69) is 22.5 Å². The first-order valence-corrected chi connectivity index (χ1v) is 7.42. The van der Waals surface area contributed by atoms with E-state index in [9.17, 15) is 9.18 Å². The molecule has 0 bridgehead atoms. The lowest BCUT2D eigenvalue weighted by Gasteiger charge is -2.08. The molecule has 0 atom stereocenters. The van der Waals surface area contributed by atoms with E-state index in [0.29, 0.717) is 16.9 Å². The van der Waals surface area contributed by atoms with Crippen molar-refractivity contribution < 1.29 is 9.18 Å². The van der Waals surface area contributed by atoms with Gasteiger partial charge in [-0.15, -0.1) is 0 Å². The summed E-state index contributed by atoms with van der Waals surface area (Å²) in [7, 11) is 0. The predicted molar refractivity (Wildman–Crippen MR) is 85.2 cm³/mol. The van der Waals surface area contributed by atoms with E-state index >= 15 is 0 Å². The van der Waals surface area contributed by atoms with Crippen LogP contribution in [-0.4, -0.2) is 17.4 Å². The number of halogens is 1. The molecule has 0 fully saturated rings. The van der Waals surface area contributed by atoms with Gasteiger partial charge in [0.15, 0.2) is 0 Å². The summed E-state index contributed by atoms with van der Waals surface area (Å²) in [6.45, 7) is 3.10. The summed E-state index contributed by atoms with van der Waals surface area (Å²) in [6, 6.07) is 9.74. The molecule has 0 aliphatic carbocycles. The fourth-order valence-electron chi connectivity index (χ4n) is 1.98. The maximum atomic E-state index is 13.5. The second-order valence-electron chi connectivity index (χ2n) is 4.98. The number of aromatic nitrogens is 1. The van der Waals surface area contributed by atoms with Crippen molar-refractivity contribution in [2.45, 2.75) is 26.3 Å². The maximum absolute atomic E-state index is 13.5. The van der Waals surface area contributed by atoms with Gasteiger partial charge in [-0.05, 0) is 24.6 Å². The first-order valence-electron chi connectivity index (χ1n) is 7.42.